The van der Waals surface area contributed by atoms with Crippen LogP contribution in [-0.2, 0) is 4.79 Å². The Bertz CT molecular complexity index is 1230. The summed E-state index contributed by atoms with van der Waals surface area (Å²) in [5.74, 6) is -0.405. The molecule has 0 saturated carbocycles. The van der Waals surface area contributed by atoms with Crippen molar-refractivity contribution in [2.45, 2.75) is 39.3 Å². The predicted octanol–water partition coefficient (Wildman–Crippen LogP) is 5.76. The molecule has 0 fully saturated rings. The number of non-ortho nitro benzene ring substituents is 1. The minimum Gasteiger partial charge on any atom is -0.309 e. The number of benzene rings is 3. The lowest BCUT2D eigenvalue weighted by Gasteiger charge is -2.44. The summed E-state index contributed by atoms with van der Waals surface area (Å²) >= 11 is 0. The van der Waals surface area contributed by atoms with Gasteiger partial charge in [0.25, 0.3) is 11.6 Å². The number of carbonyl (C=O) groups is 2. The minimum atomic E-state index is -0.463. The molecular formula is C27H27N3O4. The Kier molecular flexibility index (Phi) is 6.45. The Morgan fingerprint density at radius 2 is 1.68 bits per heavy atom. The smallest absolute Gasteiger partial charge is 0.271 e. The van der Waals surface area contributed by atoms with Gasteiger partial charge in [0.2, 0.25) is 5.91 Å². The van der Waals surface area contributed by atoms with Crippen molar-refractivity contribution in [3.05, 3.63) is 100 Å². The van der Waals surface area contributed by atoms with E-state index in [0.29, 0.717) is 17.7 Å². The van der Waals surface area contributed by atoms with Crippen LogP contribution < -0.4 is 9.80 Å². The zero-order valence-electron chi connectivity index (χ0n) is 19.4. The molecule has 7 nitrogen and oxygen atoms in total. The van der Waals surface area contributed by atoms with E-state index < -0.39 is 11.0 Å². The van der Waals surface area contributed by atoms with Gasteiger partial charge in [-0.3, -0.25) is 19.7 Å². The molecule has 1 aliphatic heterocycles. The lowest BCUT2D eigenvalue weighted by atomic mass is 9.88. The molecule has 0 spiro atoms. The highest BCUT2D eigenvalue weighted by Crippen LogP contribution is 2.43. The Balaban J connectivity index is 1.88. The molecule has 174 valence electrons. The summed E-state index contributed by atoms with van der Waals surface area (Å²) in [6.07, 6.45) is 0.497. The molecule has 2 amide bonds. The number of carbonyl (C=O) groups excluding carboxylic acids is 2. The number of rotatable bonds is 5. The summed E-state index contributed by atoms with van der Waals surface area (Å²) in [5.41, 5.74) is 2.45. The van der Waals surface area contributed by atoms with Crippen molar-refractivity contribution in [2.75, 3.05) is 9.80 Å². The Morgan fingerprint density at radius 3 is 2.35 bits per heavy atom. The third kappa shape index (κ3) is 4.29. The number of fused-ring (bicyclic) bond motifs is 1. The van der Waals surface area contributed by atoms with Crippen LogP contribution in [0.2, 0.25) is 0 Å². The third-order valence-electron chi connectivity index (χ3n) is 6.16. The molecule has 7 heteroatoms. The molecule has 3 aromatic carbocycles. The molecule has 0 N–H and O–H groups in total. The van der Waals surface area contributed by atoms with Crippen molar-refractivity contribution >= 4 is 28.9 Å². The Morgan fingerprint density at radius 1 is 1.00 bits per heavy atom. The SMILES string of the molecule is CC(C)C(=O)N1c2ccccc2C(N(C(=O)c2ccccc2)c2cccc([N+](=O)[O-])c2)CC1C. The standard InChI is InChI=1S/C27H27N3O4/c1-18(2)26(31)28-19(3)16-25(23-14-7-8-15-24(23)28)29(27(32)20-10-5-4-6-11-20)21-12-9-13-22(17-21)30(33)34/h4-15,17-19,25H,16H2,1-3H3. The van der Waals surface area contributed by atoms with Crippen LogP contribution in [0.5, 0.6) is 0 Å². The maximum atomic E-state index is 13.8. The normalized spacial score (nSPS) is 17.2. The Labute approximate surface area is 198 Å². The number of hydrogen-bond donors (Lipinski definition) is 0. The maximum Gasteiger partial charge on any atom is 0.271 e. The van der Waals surface area contributed by atoms with Crippen LogP contribution in [0.15, 0.2) is 78.9 Å². The molecule has 0 bridgehead atoms. The van der Waals surface area contributed by atoms with E-state index >= 15 is 0 Å². The number of nitrogens with zero attached hydrogens (tertiary/aromatic N) is 3. The molecule has 0 saturated heterocycles. The van der Waals surface area contributed by atoms with Gasteiger partial charge in [-0.15, -0.1) is 0 Å². The zero-order chi connectivity index (χ0) is 24.4. The maximum absolute atomic E-state index is 13.8. The van der Waals surface area contributed by atoms with Crippen molar-refractivity contribution in [3.63, 3.8) is 0 Å². The van der Waals surface area contributed by atoms with Gasteiger partial charge in [0.1, 0.15) is 0 Å². The van der Waals surface area contributed by atoms with Crippen LogP contribution in [0.4, 0.5) is 17.1 Å². The Hall–Kier alpha value is -4.00. The summed E-state index contributed by atoms with van der Waals surface area (Å²) in [6, 6.07) is 22.1. The molecule has 4 rings (SSSR count). The van der Waals surface area contributed by atoms with Crippen molar-refractivity contribution < 1.29 is 14.5 Å². The minimum absolute atomic E-state index is 0.0229. The molecule has 0 aliphatic carbocycles. The molecule has 2 atom stereocenters. The summed E-state index contributed by atoms with van der Waals surface area (Å²) in [6.45, 7) is 5.72. The van der Waals surface area contributed by atoms with Gasteiger partial charge in [0.05, 0.1) is 16.7 Å². The molecule has 0 radical (unpaired) electrons. The number of nitro benzene ring substituents is 1. The second kappa shape index (κ2) is 9.47. The quantitative estimate of drug-likeness (QED) is 0.360. The van der Waals surface area contributed by atoms with Crippen molar-refractivity contribution in [3.8, 4) is 0 Å². The lowest BCUT2D eigenvalue weighted by Crippen LogP contribution is -2.49. The van der Waals surface area contributed by atoms with Crippen molar-refractivity contribution in [2.24, 2.45) is 5.92 Å². The highest BCUT2D eigenvalue weighted by atomic mass is 16.6. The van der Waals surface area contributed by atoms with Gasteiger partial charge in [-0.25, -0.2) is 0 Å². The molecule has 0 aromatic heterocycles. The molecule has 2 unspecified atom stereocenters. The molecule has 3 aromatic rings. The second-order valence-corrected chi connectivity index (χ2v) is 8.84. The van der Waals surface area contributed by atoms with Gasteiger partial charge >= 0.3 is 0 Å². The van der Waals surface area contributed by atoms with Gasteiger partial charge in [0.15, 0.2) is 0 Å². The fourth-order valence-electron chi connectivity index (χ4n) is 4.56. The van der Waals surface area contributed by atoms with Crippen LogP contribution in [0.25, 0.3) is 0 Å². The van der Waals surface area contributed by atoms with Crippen LogP contribution in [0.3, 0.4) is 0 Å². The highest BCUT2D eigenvalue weighted by Gasteiger charge is 2.39. The first-order chi connectivity index (χ1) is 16.3. The van der Waals surface area contributed by atoms with E-state index in [2.05, 4.69) is 0 Å². The topological polar surface area (TPSA) is 83.8 Å². The van der Waals surface area contributed by atoms with Gasteiger partial charge < -0.3 is 9.80 Å². The summed E-state index contributed by atoms with van der Waals surface area (Å²) in [5, 5.41) is 11.5. The number of hydrogen-bond acceptors (Lipinski definition) is 4. The average molecular weight is 458 g/mol. The number of amides is 2. The molecule has 1 heterocycles. The molecule has 34 heavy (non-hydrogen) atoms. The first-order valence-corrected chi connectivity index (χ1v) is 11.3. The number of anilines is 2. The number of nitro groups is 1. The summed E-state index contributed by atoms with van der Waals surface area (Å²) in [7, 11) is 0. The lowest BCUT2D eigenvalue weighted by molar-refractivity contribution is -0.384. The van der Waals surface area contributed by atoms with Gasteiger partial charge in [-0.05, 0) is 43.2 Å². The van der Waals surface area contributed by atoms with Crippen LogP contribution in [0, 0.1) is 16.0 Å². The van der Waals surface area contributed by atoms with Gasteiger partial charge in [-0.2, -0.15) is 0 Å². The van der Waals surface area contributed by atoms with Gasteiger partial charge in [-0.1, -0.05) is 56.3 Å². The predicted molar refractivity (Wildman–Crippen MR) is 132 cm³/mol. The first-order valence-electron chi connectivity index (χ1n) is 11.3. The van der Waals surface area contributed by atoms with Gasteiger partial charge in [0, 0.05) is 35.3 Å². The zero-order valence-corrected chi connectivity index (χ0v) is 19.4. The van der Waals surface area contributed by atoms with E-state index in [-0.39, 0.29) is 29.5 Å². The molecule has 1 aliphatic rings. The highest BCUT2D eigenvalue weighted by molar-refractivity contribution is 6.07. The average Bonchev–Trinajstić information content (AvgIpc) is 2.84. The molecular weight excluding hydrogens is 430 g/mol. The largest absolute Gasteiger partial charge is 0.309 e. The van der Waals surface area contributed by atoms with Crippen molar-refractivity contribution in [1.29, 1.82) is 0 Å². The van der Waals surface area contributed by atoms with Crippen LogP contribution in [0.1, 0.15) is 49.2 Å². The third-order valence-corrected chi connectivity index (χ3v) is 6.16. The van der Waals surface area contributed by atoms with E-state index in [9.17, 15) is 19.7 Å². The van der Waals surface area contributed by atoms with E-state index in [4.69, 9.17) is 0 Å². The fourth-order valence-corrected chi connectivity index (χ4v) is 4.56. The van der Waals surface area contributed by atoms with Crippen LogP contribution in [-0.4, -0.2) is 22.8 Å². The second-order valence-electron chi connectivity index (χ2n) is 8.84. The van der Waals surface area contributed by atoms with E-state index in [1.165, 1.54) is 12.1 Å². The summed E-state index contributed by atoms with van der Waals surface area (Å²) < 4.78 is 0. The van der Waals surface area contributed by atoms with Crippen LogP contribution >= 0.6 is 0 Å². The van der Waals surface area contributed by atoms with E-state index in [1.54, 1.807) is 41.3 Å². The fraction of sp³-hybridized carbons (Fsp3) is 0.259. The number of para-hydroxylation sites is 1. The summed E-state index contributed by atoms with van der Waals surface area (Å²) in [4.78, 5) is 41.4. The monoisotopic (exact) mass is 457 g/mol. The first kappa shape index (κ1) is 23.2. The van der Waals surface area contributed by atoms with E-state index in [0.717, 1.165) is 11.3 Å². The van der Waals surface area contributed by atoms with Crippen molar-refractivity contribution in [1.82, 2.24) is 0 Å². The van der Waals surface area contributed by atoms with E-state index in [1.807, 2.05) is 56.0 Å².